The molecule has 0 aromatic rings. The largest absolute Gasteiger partial charge is 0.481 e. The summed E-state index contributed by atoms with van der Waals surface area (Å²) in [6, 6.07) is 0. The van der Waals surface area contributed by atoms with E-state index in [0.29, 0.717) is 12.5 Å². The molecule has 0 aromatic heterocycles. The zero-order valence-corrected chi connectivity index (χ0v) is 9.84. The van der Waals surface area contributed by atoms with Crippen molar-refractivity contribution in [1.82, 2.24) is 4.90 Å². The topological polar surface area (TPSA) is 77.8 Å². The third-order valence-corrected chi connectivity index (χ3v) is 4.21. The Morgan fingerprint density at radius 1 is 1.00 bits per heavy atom. The Kier molecular flexibility index (Phi) is 3.54. The predicted octanol–water partition coefficient (Wildman–Crippen LogP) is 1.88. The van der Waals surface area contributed by atoms with Gasteiger partial charge in [-0.05, 0) is 11.8 Å². The second-order valence-corrected chi connectivity index (χ2v) is 5.19. The van der Waals surface area contributed by atoms with E-state index in [1.807, 2.05) is 0 Å². The molecule has 17 heavy (non-hydrogen) atoms. The van der Waals surface area contributed by atoms with Gasteiger partial charge >= 0.3 is 12.1 Å². The van der Waals surface area contributed by atoms with Crippen LogP contribution in [-0.4, -0.2) is 40.3 Å². The van der Waals surface area contributed by atoms with Gasteiger partial charge in [0, 0.05) is 13.1 Å². The van der Waals surface area contributed by atoms with E-state index in [1.54, 1.807) is 0 Å². The second-order valence-electron chi connectivity index (χ2n) is 5.19. The zero-order valence-electron chi connectivity index (χ0n) is 9.84. The van der Waals surface area contributed by atoms with Crippen molar-refractivity contribution in [2.45, 2.75) is 32.1 Å². The average molecular weight is 241 g/mol. The number of aliphatic carboxylic acids is 1. The molecule has 5 heteroatoms. The van der Waals surface area contributed by atoms with E-state index in [9.17, 15) is 14.7 Å². The molecule has 2 rings (SSSR count). The van der Waals surface area contributed by atoms with Gasteiger partial charge in [-0.1, -0.05) is 32.1 Å². The minimum atomic E-state index is -0.991. The quantitative estimate of drug-likeness (QED) is 0.773. The summed E-state index contributed by atoms with van der Waals surface area (Å²) in [7, 11) is 0. The van der Waals surface area contributed by atoms with Crippen molar-refractivity contribution < 1.29 is 19.8 Å². The first-order valence-electron chi connectivity index (χ1n) is 6.30. The lowest BCUT2D eigenvalue weighted by atomic mass is 9.75. The fraction of sp³-hybridized carbons (Fsp3) is 0.833. The maximum atomic E-state index is 11.2. The molecule has 0 bridgehead atoms. The van der Waals surface area contributed by atoms with Gasteiger partial charge in [-0.25, -0.2) is 4.79 Å². The summed E-state index contributed by atoms with van der Waals surface area (Å²) in [5, 5.41) is 18.2. The molecule has 1 aliphatic heterocycles. The summed E-state index contributed by atoms with van der Waals surface area (Å²) >= 11 is 0. The van der Waals surface area contributed by atoms with Gasteiger partial charge in [-0.3, -0.25) is 4.79 Å². The molecule has 1 amide bonds. The highest BCUT2D eigenvalue weighted by molar-refractivity contribution is 5.74. The molecule has 0 unspecified atom stereocenters. The van der Waals surface area contributed by atoms with E-state index in [2.05, 4.69) is 0 Å². The molecule has 96 valence electrons. The molecule has 0 spiro atoms. The summed E-state index contributed by atoms with van der Waals surface area (Å²) in [5.41, 5.74) is 0. The van der Waals surface area contributed by atoms with Crippen molar-refractivity contribution >= 4 is 12.1 Å². The van der Waals surface area contributed by atoms with Crippen LogP contribution in [0.5, 0.6) is 0 Å². The summed E-state index contributed by atoms with van der Waals surface area (Å²) in [6.45, 7) is 0.558. The van der Waals surface area contributed by atoms with Crippen LogP contribution in [0.25, 0.3) is 0 Å². The minimum absolute atomic E-state index is 0.0175. The Morgan fingerprint density at radius 3 is 2.18 bits per heavy atom. The van der Waals surface area contributed by atoms with Crippen LogP contribution in [0, 0.1) is 17.8 Å². The van der Waals surface area contributed by atoms with Gasteiger partial charge in [-0.15, -0.1) is 0 Å². The average Bonchev–Trinajstić information content (AvgIpc) is 2.75. The lowest BCUT2D eigenvalue weighted by molar-refractivity contribution is -0.143. The smallest absolute Gasteiger partial charge is 0.407 e. The number of carboxylic acids is 1. The molecule has 2 fully saturated rings. The van der Waals surface area contributed by atoms with Gasteiger partial charge in [0.15, 0.2) is 0 Å². The van der Waals surface area contributed by atoms with Crippen molar-refractivity contribution in [2.75, 3.05) is 13.1 Å². The van der Waals surface area contributed by atoms with Gasteiger partial charge < -0.3 is 15.1 Å². The fourth-order valence-corrected chi connectivity index (χ4v) is 3.29. The van der Waals surface area contributed by atoms with Crippen LogP contribution in [0.3, 0.4) is 0 Å². The molecule has 1 aliphatic carbocycles. The molecule has 5 nitrogen and oxygen atoms in total. The molecule has 2 atom stereocenters. The zero-order chi connectivity index (χ0) is 12.4. The van der Waals surface area contributed by atoms with Crippen LogP contribution >= 0.6 is 0 Å². The first-order chi connectivity index (χ1) is 8.09. The highest BCUT2D eigenvalue weighted by Crippen LogP contribution is 2.38. The van der Waals surface area contributed by atoms with Gasteiger partial charge in [0.25, 0.3) is 0 Å². The van der Waals surface area contributed by atoms with Crippen LogP contribution in [0.1, 0.15) is 32.1 Å². The SMILES string of the molecule is O=C(O)[C@H]1CN(C(=O)O)C[C@@H]1C1CCCCC1. The van der Waals surface area contributed by atoms with Crippen molar-refractivity contribution in [2.24, 2.45) is 17.8 Å². The van der Waals surface area contributed by atoms with Crippen LogP contribution in [-0.2, 0) is 4.79 Å². The number of carboxylic acid groups (broad SMARTS) is 2. The van der Waals surface area contributed by atoms with E-state index in [-0.39, 0.29) is 12.5 Å². The lowest BCUT2D eigenvalue weighted by Crippen LogP contribution is -2.29. The van der Waals surface area contributed by atoms with Crippen LogP contribution in [0.15, 0.2) is 0 Å². The third-order valence-electron chi connectivity index (χ3n) is 4.21. The summed E-state index contributed by atoms with van der Waals surface area (Å²) in [4.78, 5) is 23.4. The summed E-state index contributed by atoms with van der Waals surface area (Å²) < 4.78 is 0. The fourth-order valence-electron chi connectivity index (χ4n) is 3.29. The normalized spacial score (nSPS) is 30.5. The van der Waals surface area contributed by atoms with Crippen LogP contribution in [0.4, 0.5) is 4.79 Å². The lowest BCUT2D eigenvalue weighted by Gasteiger charge is -2.29. The van der Waals surface area contributed by atoms with E-state index in [1.165, 1.54) is 11.3 Å². The van der Waals surface area contributed by atoms with Gasteiger partial charge in [0.1, 0.15) is 0 Å². The minimum Gasteiger partial charge on any atom is -0.481 e. The number of rotatable bonds is 2. The van der Waals surface area contributed by atoms with Crippen LogP contribution in [0.2, 0.25) is 0 Å². The number of hydrogen-bond acceptors (Lipinski definition) is 2. The van der Waals surface area contributed by atoms with Crippen molar-refractivity contribution in [3.63, 3.8) is 0 Å². The van der Waals surface area contributed by atoms with Crippen molar-refractivity contribution in [3.05, 3.63) is 0 Å². The number of amides is 1. The number of likely N-dealkylation sites (tertiary alicyclic amines) is 1. The Bertz CT molecular complexity index is 312. The maximum absolute atomic E-state index is 11.2. The predicted molar refractivity (Wildman–Crippen MR) is 60.8 cm³/mol. The third kappa shape index (κ3) is 2.53. The van der Waals surface area contributed by atoms with Crippen LogP contribution < -0.4 is 0 Å². The van der Waals surface area contributed by atoms with Gasteiger partial charge in [0.2, 0.25) is 0 Å². The molecule has 1 heterocycles. The van der Waals surface area contributed by atoms with Crippen molar-refractivity contribution in [1.29, 1.82) is 0 Å². The Morgan fingerprint density at radius 2 is 1.65 bits per heavy atom. The standard InChI is InChI=1S/C12H19NO4/c14-11(15)10-7-13(12(16)17)6-9(10)8-4-2-1-3-5-8/h8-10H,1-7H2,(H,14,15)(H,16,17)/t9-,10+/m1/s1. The molecule has 2 N–H and O–H groups in total. The number of nitrogens with zero attached hydrogens (tertiary/aromatic N) is 1. The number of carbonyl (C=O) groups is 2. The van der Waals surface area contributed by atoms with E-state index in [4.69, 9.17) is 5.11 Å². The first-order valence-corrected chi connectivity index (χ1v) is 6.30. The molecule has 0 radical (unpaired) electrons. The Balaban J connectivity index is 2.07. The molecule has 0 aromatic carbocycles. The number of hydrogen-bond donors (Lipinski definition) is 2. The van der Waals surface area contributed by atoms with Crippen molar-refractivity contribution in [3.8, 4) is 0 Å². The van der Waals surface area contributed by atoms with Gasteiger partial charge in [-0.2, -0.15) is 0 Å². The molecule has 1 saturated heterocycles. The van der Waals surface area contributed by atoms with E-state index < -0.39 is 18.0 Å². The van der Waals surface area contributed by atoms with Gasteiger partial charge in [0.05, 0.1) is 5.92 Å². The summed E-state index contributed by atoms with van der Waals surface area (Å²) in [5.74, 6) is -0.934. The first kappa shape index (κ1) is 12.2. The van der Waals surface area contributed by atoms with E-state index >= 15 is 0 Å². The molecular formula is C12H19NO4. The second kappa shape index (κ2) is 4.94. The molecular weight excluding hydrogens is 222 g/mol. The van der Waals surface area contributed by atoms with E-state index in [0.717, 1.165) is 25.7 Å². The molecule has 2 aliphatic rings. The maximum Gasteiger partial charge on any atom is 0.407 e. The Labute approximate surface area is 100 Å². The highest BCUT2D eigenvalue weighted by Gasteiger charge is 2.43. The highest BCUT2D eigenvalue weighted by atomic mass is 16.4. The summed E-state index contributed by atoms with van der Waals surface area (Å²) in [6.07, 6.45) is 4.66. The Hall–Kier alpha value is -1.26. The molecule has 1 saturated carbocycles. The monoisotopic (exact) mass is 241 g/mol.